The summed E-state index contributed by atoms with van der Waals surface area (Å²) >= 11 is 0. The Balaban J connectivity index is 2.27. The van der Waals surface area contributed by atoms with Crippen molar-refractivity contribution in [3.63, 3.8) is 0 Å². The van der Waals surface area contributed by atoms with Crippen LogP contribution >= 0.6 is 0 Å². The molecule has 0 radical (unpaired) electrons. The van der Waals surface area contributed by atoms with E-state index < -0.39 is 17.8 Å². The highest BCUT2D eigenvalue weighted by Crippen LogP contribution is 2.54. The highest BCUT2D eigenvalue weighted by Gasteiger charge is 2.59. The first kappa shape index (κ1) is 6.53. The van der Waals surface area contributed by atoms with Crippen molar-refractivity contribution >= 4 is 0 Å². The topological polar surface area (TPSA) is 26.0 Å². The number of nitrogens with two attached hydrogens (primary N) is 1. The van der Waals surface area contributed by atoms with Gasteiger partial charge in [-0.3, -0.25) is 0 Å². The van der Waals surface area contributed by atoms with E-state index in [-0.39, 0.29) is 6.04 Å². The highest BCUT2D eigenvalue weighted by molar-refractivity contribution is 5.04. The summed E-state index contributed by atoms with van der Waals surface area (Å²) in [6.07, 6.45) is 1.86. The van der Waals surface area contributed by atoms with Crippen LogP contribution in [0.5, 0.6) is 0 Å². The average molecular weight is 147 g/mol. The van der Waals surface area contributed by atoms with Gasteiger partial charge in [-0.05, 0) is 19.3 Å². The first-order valence-corrected chi connectivity index (χ1v) is 3.75. The number of halogens is 2. The largest absolute Gasteiger partial charge is 0.327 e. The summed E-state index contributed by atoms with van der Waals surface area (Å²) in [6, 6.07) is -0.228. The van der Waals surface area contributed by atoms with E-state index in [4.69, 9.17) is 5.73 Å². The van der Waals surface area contributed by atoms with E-state index in [9.17, 15) is 8.78 Å². The zero-order valence-corrected chi connectivity index (χ0v) is 5.69. The molecule has 0 heterocycles. The van der Waals surface area contributed by atoms with Crippen LogP contribution in [0.15, 0.2) is 0 Å². The van der Waals surface area contributed by atoms with Gasteiger partial charge in [0.2, 0.25) is 0 Å². The molecule has 2 aliphatic carbocycles. The first-order chi connectivity index (χ1) is 4.62. The minimum Gasteiger partial charge on any atom is -0.327 e. The van der Waals surface area contributed by atoms with Gasteiger partial charge in [-0.2, -0.15) is 0 Å². The Labute approximate surface area is 58.6 Å². The molecule has 0 aromatic heterocycles. The second kappa shape index (κ2) is 1.70. The molecule has 2 bridgehead atoms. The lowest BCUT2D eigenvalue weighted by Gasteiger charge is -2.16. The predicted octanol–water partition coefficient (Wildman–Crippen LogP) is 1.38. The van der Waals surface area contributed by atoms with E-state index in [1.54, 1.807) is 0 Å². The van der Waals surface area contributed by atoms with E-state index in [1.807, 2.05) is 0 Å². The smallest absolute Gasteiger partial charge is 0.255 e. The van der Waals surface area contributed by atoms with Crippen LogP contribution in [-0.4, -0.2) is 12.0 Å². The molecule has 10 heavy (non-hydrogen) atoms. The lowest BCUT2D eigenvalue weighted by Crippen LogP contribution is -2.31. The minimum atomic E-state index is -2.43. The molecule has 0 aromatic rings. The quantitative estimate of drug-likeness (QED) is 0.550. The molecule has 2 aliphatic rings. The summed E-state index contributed by atoms with van der Waals surface area (Å²) in [5, 5.41) is 0. The van der Waals surface area contributed by atoms with E-state index in [0.29, 0.717) is 19.3 Å². The third-order valence-electron chi connectivity index (χ3n) is 2.94. The summed E-state index contributed by atoms with van der Waals surface area (Å²) in [7, 11) is 0. The number of hydrogen-bond donors (Lipinski definition) is 1. The van der Waals surface area contributed by atoms with E-state index in [2.05, 4.69) is 0 Å². The van der Waals surface area contributed by atoms with Crippen LogP contribution in [0.3, 0.4) is 0 Å². The maximum atomic E-state index is 13.0. The van der Waals surface area contributed by atoms with Gasteiger partial charge >= 0.3 is 0 Å². The Morgan fingerprint density at radius 3 is 2.20 bits per heavy atom. The molecular formula is C7H11F2N. The van der Waals surface area contributed by atoms with Gasteiger partial charge in [0.15, 0.2) is 0 Å². The van der Waals surface area contributed by atoms with Crippen molar-refractivity contribution in [2.24, 2.45) is 17.6 Å². The molecule has 0 amide bonds. The van der Waals surface area contributed by atoms with Crippen LogP contribution in [0.1, 0.15) is 19.3 Å². The Bertz CT molecular complexity index is 158. The molecule has 3 atom stereocenters. The third-order valence-corrected chi connectivity index (χ3v) is 2.94. The van der Waals surface area contributed by atoms with Gasteiger partial charge in [-0.1, -0.05) is 0 Å². The van der Waals surface area contributed by atoms with Gasteiger partial charge in [0.05, 0.1) is 0 Å². The third kappa shape index (κ3) is 0.590. The van der Waals surface area contributed by atoms with Gasteiger partial charge in [-0.25, -0.2) is 8.78 Å². The van der Waals surface area contributed by atoms with Crippen molar-refractivity contribution in [2.75, 3.05) is 0 Å². The molecule has 2 fully saturated rings. The zero-order chi connectivity index (χ0) is 7.35. The fraction of sp³-hybridized carbons (Fsp3) is 1.00. The molecule has 0 saturated heterocycles. The maximum absolute atomic E-state index is 13.0. The molecule has 2 N–H and O–H groups in total. The normalized spacial score (nSPS) is 50.1. The van der Waals surface area contributed by atoms with Crippen LogP contribution in [0.25, 0.3) is 0 Å². The van der Waals surface area contributed by atoms with E-state index in [0.717, 1.165) is 0 Å². The summed E-state index contributed by atoms with van der Waals surface area (Å²) in [5.74, 6) is -3.33. The Morgan fingerprint density at radius 2 is 2.00 bits per heavy atom. The van der Waals surface area contributed by atoms with Crippen LogP contribution in [0, 0.1) is 11.8 Å². The maximum Gasteiger partial charge on any atom is 0.255 e. The molecule has 0 aromatic carbocycles. The molecule has 58 valence electrons. The predicted molar refractivity (Wildman–Crippen MR) is 33.8 cm³/mol. The standard InChI is InChI=1S/C7H11F2N/c8-7(9)4-1-2-5(7)6(10)3-4/h4-6H,1-3,10H2/t4-,5+,6+/m1/s1. The molecule has 0 aliphatic heterocycles. The zero-order valence-electron chi connectivity index (χ0n) is 5.69. The Morgan fingerprint density at radius 1 is 1.30 bits per heavy atom. The Kier molecular flexibility index (Phi) is 1.11. The van der Waals surface area contributed by atoms with Crippen molar-refractivity contribution in [3.8, 4) is 0 Å². The fourth-order valence-corrected chi connectivity index (χ4v) is 2.34. The van der Waals surface area contributed by atoms with E-state index in [1.165, 1.54) is 0 Å². The molecule has 0 unspecified atom stereocenters. The van der Waals surface area contributed by atoms with Crippen molar-refractivity contribution in [1.29, 1.82) is 0 Å². The second-order valence-electron chi connectivity index (χ2n) is 3.45. The Hall–Kier alpha value is -0.180. The molecule has 2 saturated carbocycles. The molecular weight excluding hydrogens is 136 g/mol. The molecule has 3 heteroatoms. The van der Waals surface area contributed by atoms with Crippen LogP contribution < -0.4 is 5.73 Å². The number of rotatable bonds is 0. The van der Waals surface area contributed by atoms with Crippen LogP contribution in [0.4, 0.5) is 8.78 Å². The van der Waals surface area contributed by atoms with Gasteiger partial charge < -0.3 is 5.73 Å². The van der Waals surface area contributed by atoms with Crippen molar-refractivity contribution in [2.45, 2.75) is 31.2 Å². The highest BCUT2D eigenvalue weighted by atomic mass is 19.3. The van der Waals surface area contributed by atoms with Gasteiger partial charge in [0.25, 0.3) is 5.92 Å². The van der Waals surface area contributed by atoms with Crippen molar-refractivity contribution in [1.82, 2.24) is 0 Å². The lowest BCUT2D eigenvalue weighted by molar-refractivity contribution is -0.0463. The van der Waals surface area contributed by atoms with E-state index >= 15 is 0 Å². The second-order valence-corrected chi connectivity index (χ2v) is 3.45. The van der Waals surface area contributed by atoms with Crippen molar-refractivity contribution < 1.29 is 8.78 Å². The van der Waals surface area contributed by atoms with Gasteiger partial charge in [-0.15, -0.1) is 0 Å². The SMILES string of the molecule is N[C@H]1C[C@H]2CC[C@@H]1C2(F)F. The van der Waals surface area contributed by atoms with Gasteiger partial charge in [0.1, 0.15) is 0 Å². The monoisotopic (exact) mass is 147 g/mol. The molecule has 0 spiro atoms. The number of hydrogen-bond acceptors (Lipinski definition) is 1. The average Bonchev–Trinajstić information content (AvgIpc) is 2.20. The van der Waals surface area contributed by atoms with Gasteiger partial charge in [0, 0.05) is 17.9 Å². The number of fused-ring (bicyclic) bond motifs is 2. The summed E-state index contributed by atoms with van der Waals surface area (Å²) < 4.78 is 25.9. The van der Waals surface area contributed by atoms with Crippen LogP contribution in [-0.2, 0) is 0 Å². The lowest BCUT2D eigenvalue weighted by atomic mass is 9.96. The molecule has 2 rings (SSSR count). The first-order valence-electron chi connectivity index (χ1n) is 3.75. The van der Waals surface area contributed by atoms with Crippen molar-refractivity contribution in [3.05, 3.63) is 0 Å². The fourth-order valence-electron chi connectivity index (χ4n) is 2.34. The summed E-state index contributed by atoms with van der Waals surface area (Å²) in [5.41, 5.74) is 5.52. The summed E-state index contributed by atoms with van der Waals surface area (Å²) in [6.45, 7) is 0. The summed E-state index contributed by atoms with van der Waals surface area (Å²) in [4.78, 5) is 0. The number of alkyl halides is 2. The molecule has 1 nitrogen and oxygen atoms in total. The van der Waals surface area contributed by atoms with Crippen LogP contribution in [0.2, 0.25) is 0 Å². The minimum absolute atomic E-state index is 0.228.